The third kappa shape index (κ3) is 1.37. The van der Waals surface area contributed by atoms with Gasteiger partial charge in [0.2, 0.25) is 0 Å². The number of para-hydroxylation sites is 1. The average molecular weight is 218 g/mol. The van der Waals surface area contributed by atoms with Crippen LogP contribution in [0.25, 0.3) is 10.2 Å². The second-order valence-electron chi connectivity index (χ2n) is 2.17. The molecule has 0 saturated heterocycles. The lowest BCUT2D eigenvalue weighted by atomic mass is 10.3. The molecule has 0 aliphatic rings. The third-order valence-electron chi connectivity index (χ3n) is 1.41. The molecule has 1 aromatic carbocycles. The summed E-state index contributed by atoms with van der Waals surface area (Å²) < 4.78 is 12.3. The van der Waals surface area contributed by atoms with Crippen LogP contribution in [0.2, 0.25) is 0 Å². The molecule has 0 amide bonds. The summed E-state index contributed by atoms with van der Waals surface area (Å²) in [6.07, 6.45) is 0. The van der Waals surface area contributed by atoms with Crippen molar-refractivity contribution in [1.82, 2.24) is 4.98 Å². The van der Waals surface area contributed by atoms with Crippen LogP contribution < -0.4 is 0 Å². The van der Waals surface area contributed by atoms with E-state index in [1.807, 2.05) is 24.3 Å². The molecular weight excluding hydrogens is 214 g/mol. The fourth-order valence-electron chi connectivity index (χ4n) is 0.920. The van der Waals surface area contributed by atoms with E-state index in [0.717, 1.165) is 10.2 Å². The maximum absolute atomic E-state index is 10.8. The number of halogens is 1. The zero-order valence-electron chi connectivity index (χ0n) is 5.86. The first-order valence-electron chi connectivity index (χ1n) is 3.21. The lowest BCUT2D eigenvalue weighted by Crippen LogP contribution is -1.76. The zero-order valence-corrected chi connectivity index (χ0v) is 8.25. The van der Waals surface area contributed by atoms with Crippen LogP contribution in [0.5, 0.6) is 0 Å². The molecule has 12 heavy (non-hydrogen) atoms. The quantitative estimate of drug-likeness (QED) is 0.688. The minimum absolute atomic E-state index is 0.470. The van der Waals surface area contributed by atoms with Crippen molar-refractivity contribution < 1.29 is 4.21 Å². The number of rotatable bonds is 1. The molecule has 0 saturated carbocycles. The van der Waals surface area contributed by atoms with Crippen LogP contribution in [0.15, 0.2) is 28.6 Å². The highest BCUT2D eigenvalue weighted by Gasteiger charge is 2.06. The van der Waals surface area contributed by atoms with Gasteiger partial charge in [0.1, 0.15) is 0 Å². The van der Waals surface area contributed by atoms with Crippen LogP contribution in [-0.2, 0) is 10.0 Å². The number of benzene rings is 1. The number of thiazole rings is 1. The van der Waals surface area contributed by atoms with Crippen LogP contribution in [-0.4, -0.2) is 9.19 Å². The predicted octanol–water partition coefficient (Wildman–Crippen LogP) is 2.56. The standard InChI is InChI=1S/C7H4ClNOS2/c8-12(10)7-9-5-3-1-2-4-6(5)11-7/h1-4H. The topological polar surface area (TPSA) is 30.0 Å². The molecule has 0 aliphatic carbocycles. The van der Waals surface area contributed by atoms with Gasteiger partial charge in [0.25, 0.3) is 0 Å². The summed E-state index contributed by atoms with van der Waals surface area (Å²) in [5.41, 5.74) is 0.853. The first kappa shape index (κ1) is 8.16. The first-order valence-corrected chi connectivity index (χ1v) is 6.00. The number of fused-ring (bicyclic) bond motifs is 1. The molecule has 1 atom stereocenters. The van der Waals surface area contributed by atoms with E-state index in [1.54, 1.807) is 0 Å². The fourth-order valence-corrected chi connectivity index (χ4v) is 2.71. The van der Waals surface area contributed by atoms with Gasteiger partial charge in [-0.25, -0.2) is 9.19 Å². The van der Waals surface area contributed by atoms with E-state index in [-0.39, 0.29) is 0 Å². The number of hydrogen-bond donors (Lipinski definition) is 0. The van der Waals surface area contributed by atoms with E-state index in [4.69, 9.17) is 10.7 Å². The summed E-state index contributed by atoms with van der Waals surface area (Å²) in [5.74, 6) is 0. The molecule has 1 aromatic heterocycles. The van der Waals surface area contributed by atoms with Crippen LogP contribution in [0, 0.1) is 0 Å². The molecule has 0 N–H and O–H groups in total. The van der Waals surface area contributed by atoms with Crippen LogP contribution >= 0.6 is 22.0 Å². The Bertz CT molecular complexity index is 407. The van der Waals surface area contributed by atoms with Crippen molar-refractivity contribution in [2.24, 2.45) is 0 Å². The highest BCUT2D eigenvalue weighted by Crippen LogP contribution is 2.24. The molecule has 0 bridgehead atoms. The van der Waals surface area contributed by atoms with E-state index in [9.17, 15) is 4.21 Å². The summed E-state index contributed by atoms with van der Waals surface area (Å²) in [6.45, 7) is 0. The van der Waals surface area contributed by atoms with E-state index >= 15 is 0 Å². The van der Waals surface area contributed by atoms with Gasteiger partial charge in [-0.2, -0.15) is 0 Å². The van der Waals surface area contributed by atoms with Crippen molar-refractivity contribution in [1.29, 1.82) is 0 Å². The fraction of sp³-hybridized carbons (Fsp3) is 0. The Morgan fingerprint density at radius 1 is 1.42 bits per heavy atom. The van der Waals surface area contributed by atoms with Gasteiger partial charge >= 0.3 is 0 Å². The highest BCUT2D eigenvalue weighted by atomic mass is 35.7. The Morgan fingerprint density at radius 3 is 2.83 bits per heavy atom. The molecule has 2 rings (SSSR count). The van der Waals surface area contributed by atoms with Gasteiger partial charge < -0.3 is 0 Å². The Labute approximate surface area is 80.2 Å². The maximum atomic E-state index is 10.8. The van der Waals surface area contributed by atoms with Crippen LogP contribution in [0.1, 0.15) is 0 Å². The average Bonchev–Trinajstić information content (AvgIpc) is 2.46. The SMILES string of the molecule is O=S(Cl)c1nc2ccccc2s1. The Hall–Kier alpha value is -0.450. The maximum Gasteiger partial charge on any atom is 0.198 e. The molecule has 1 unspecified atom stereocenters. The summed E-state index contributed by atoms with van der Waals surface area (Å²) in [4.78, 5) is 4.10. The molecule has 2 nitrogen and oxygen atoms in total. The zero-order chi connectivity index (χ0) is 8.55. The molecule has 5 heteroatoms. The van der Waals surface area contributed by atoms with Gasteiger partial charge in [-0.1, -0.05) is 12.1 Å². The molecule has 1 heterocycles. The van der Waals surface area contributed by atoms with Gasteiger partial charge in [0.15, 0.2) is 14.4 Å². The van der Waals surface area contributed by atoms with E-state index in [2.05, 4.69) is 4.98 Å². The summed E-state index contributed by atoms with van der Waals surface area (Å²) >= 11 is 1.36. The monoisotopic (exact) mass is 217 g/mol. The van der Waals surface area contributed by atoms with Crippen molar-refractivity contribution in [3.63, 3.8) is 0 Å². The van der Waals surface area contributed by atoms with Gasteiger partial charge in [0, 0.05) is 0 Å². The lowest BCUT2D eigenvalue weighted by Gasteiger charge is -1.80. The van der Waals surface area contributed by atoms with Crippen molar-refractivity contribution >= 4 is 42.2 Å². The van der Waals surface area contributed by atoms with Crippen LogP contribution in [0.3, 0.4) is 0 Å². The number of aromatic nitrogens is 1. The summed E-state index contributed by atoms with van der Waals surface area (Å²) in [7, 11) is 3.91. The Kier molecular flexibility index (Phi) is 2.12. The van der Waals surface area contributed by atoms with E-state index < -0.39 is 10.0 Å². The van der Waals surface area contributed by atoms with E-state index in [1.165, 1.54) is 11.3 Å². The molecule has 62 valence electrons. The van der Waals surface area contributed by atoms with Crippen molar-refractivity contribution in [3.05, 3.63) is 24.3 Å². The predicted molar refractivity (Wildman–Crippen MR) is 51.9 cm³/mol. The minimum atomic E-state index is -1.48. The second kappa shape index (κ2) is 3.12. The molecule has 0 spiro atoms. The van der Waals surface area contributed by atoms with Gasteiger partial charge in [-0.3, -0.25) is 0 Å². The molecule has 0 radical (unpaired) electrons. The first-order chi connectivity index (χ1) is 5.77. The summed E-state index contributed by atoms with van der Waals surface area (Å²) in [5, 5.41) is 0. The smallest absolute Gasteiger partial charge is 0.198 e. The van der Waals surface area contributed by atoms with Gasteiger partial charge in [-0.05, 0) is 22.8 Å². The molecule has 0 aliphatic heterocycles. The third-order valence-corrected chi connectivity index (χ3v) is 4.03. The second-order valence-corrected chi connectivity index (χ2v) is 5.13. The normalized spacial score (nSPS) is 13.4. The lowest BCUT2D eigenvalue weighted by molar-refractivity contribution is 0.691. The Balaban J connectivity index is 2.70. The number of nitrogens with zero attached hydrogens (tertiary/aromatic N) is 1. The van der Waals surface area contributed by atoms with E-state index in [0.29, 0.717) is 4.34 Å². The molecular formula is C7H4ClNOS2. The highest BCUT2D eigenvalue weighted by molar-refractivity contribution is 8.09. The minimum Gasteiger partial charge on any atom is -0.235 e. The van der Waals surface area contributed by atoms with Gasteiger partial charge in [0.05, 0.1) is 10.2 Å². The summed E-state index contributed by atoms with van der Waals surface area (Å²) in [6, 6.07) is 7.61. The number of hydrogen-bond acceptors (Lipinski definition) is 3. The Morgan fingerprint density at radius 2 is 2.17 bits per heavy atom. The largest absolute Gasteiger partial charge is 0.235 e. The van der Waals surface area contributed by atoms with Gasteiger partial charge in [-0.15, -0.1) is 11.3 Å². The molecule has 2 aromatic rings. The van der Waals surface area contributed by atoms with Crippen molar-refractivity contribution in [3.8, 4) is 0 Å². The van der Waals surface area contributed by atoms with Crippen molar-refractivity contribution in [2.45, 2.75) is 4.34 Å². The molecule has 0 fully saturated rings. The van der Waals surface area contributed by atoms with Crippen LogP contribution in [0.4, 0.5) is 0 Å². The van der Waals surface area contributed by atoms with Crippen molar-refractivity contribution in [2.75, 3.05) is 0 Å².